The van der Waals surface area contributed by atoms with Crippen LogP contribution in [0.2, 0.25) is 0 Å². The summed E-state index contributed by atoms with van der Waals surface area (Å²) in [5.74, 6) is -0.240. The lowest BCUT2D eigenvalue weighted by molar-refractivity contribution is 0.102. The fourth-order valence-corrected chi connectivity index (χ4v) is 1.44. The Balaban J connectivity index is 3.33. The van der Waals surface area contributed by atoms with E-state index in [1.54, 1.807) is 6.07 Å². The molecule has 4 nitrogen and oxygen atoms in total. The molecule has 0 heterocycles. The zero-order valence-corrected chi connectivity index (χ0v) is 9.54. The smallest absolute Gasteiger partial charge is 0.173 e. The average molecular weight is 270 g/mol. The first kappa shape index (κ1) is 11.5. The van der Waals surface area contributed by atoms with Crippen molar-refractivity contribution in [1.29, 1.82) is 5.26 Å². The Labute approximate surface area is 95.2 Å². The number of phenolic OH excluding ortho intramolecular Hbond substituents is 1. The molecule has 0 fully saturated rings. The normalized spacial score (nSPS) is 9.40. The van der Waals surface area contributed by atoms with Gasteiger partial charge in [-0.05, 0) is 12.1 Å². The number of nitriles is 1. The predicted octanol–water partition coefficient (Wildman–Crippen LogP) is 1.85. The number of ether oxygens (including phenoxy) is 1. The van der Waals surface area contributed by atoms with Crippen LogP contribution in [0.25, 0.3) is 0 Å². The van der Waals surface area contributed by atoms with Crippen molar-refractivity contribution in [1.82, 2.24) is 0 Å². The molecule has 0 aliphatic carbocycles. The Bertz CT molecular complexity index is 437. The minimum Gasteiger partial charge on any atom is -0.506 e. The lowest BCUT2D eigenvalue weighted by Crippen LogP contribution is -2.01. The van der Waals surface area contributed by atoms with Crippen molar-refractivity contribution in [3.63, 3.8) is 0 Å². The number of aromatic hydroxyl groups is 1. The molecule has 0 aromatic heterocycles. The first-order chi connectivity index (χ1) is 7.13. The van der Waals surface area contributed by atoms with Crippen molar-refractivity contribution in [3.8, 4) is 17.6 Å². The Kier molecular flexibility index (Phi) is 3.69. The van der Waals surface area contributed by atoms with Gasteiger partial charge in [-0.25, -0.2) is 0 Å². The van der Waals surface area contributed by atoms with Crippen LogP contribution in [-0.4, -0.2) is 23.3 Å². The molecule has 0 radical (unpaired) electrons. The molecular formula is C10H8BrNO3. The van der Waals surface area contributed by atoms with Crippen LogP contribution in [-0.2, 0) is 0 Å². The van der Waals surface area contributed by atoms with Crippen molar-refractivity contribution >= 4 is 21.7 Å². The summed E-state index contributed by atoms with van der Waals surface area (Å²) < 4.78 is 4.90. The quantitative estimate of drug-likeness (QED) is 0.672. The summed E-state index contributed by atoms with van der Waals surface area (Å²) in [6, 6.07) is 4.49. The SMILES string of the molecule is COc1cc(C(=O)CBr)cc(O)c1C#N. The molecule has 5 heteroatoms. The number of hydrogen-bond acceptors (Lipinski definition) is 4. The van der Waals surface area contributed by atoms with Crippen LogP contribution >= 0.6 is 15.9 Å². The summed E-state index contributed by atoms with van der Waals surface area (Å²) in [6.45, 7) is 0. The number of benzene rings is 1. The van der Waals surface area contributed by atoms with Gasteiger partial charge >= 0.3 is 0 Å². The average Bonchev–Trinajstić information content (AvgIpc) is 2.26. The van der Waals surface area contributed by atoms with Crippen LogP contribution in [0.1, 0.15) is 15.9 Å². The second-order valence-electron chi connectivity index (χ2n) is 2.74. The Morgan fingerprint density at radius 3 is 2.80 bits per heavy atom. The zero-order chi connectivity index (χ0) is 11.4. The second-order valence-corrected chi connectivity index (χ2v) is 3.30. The molecule has 1 N–H and O–H groups in total. The lowest BCUT2D eigenvalue weighted by atomic mass is 10.1. The highest BCUT2D eigenvalue weighted by Gasteiger charge is 2.13. The summed E-state index contributed by atoms with van der Waals surface area (Å²) in [4.78, 5) is 11.3. The van der Waals surface area contributed by atoms with E-state index in [9.17, 15) is 9.90 Å². The van der Waals surface area contributed by atoms with E-state index in [1.807, 2.05) is 0 Å². The number of halogens is 1. The number of nitrogens with zero attached hydrogens (tertiary/aromatic N) is 1. The molecule has 0 saturated carbocycles. The highest BCUT2D eigenvalue weighted by atomic mass is 79.9. The molecule has 0 spiro atoms. The van der Waals surface area contributed by atoms with E-state index in [-0.39, 0.29) is 28.2 Å². The zero-order valence-electron chi connectivity index (χ0n) is 7.95. The van der Waals surface area contributed by atoms with Gasteiger partial charge in [0.2, 0.25) is 0 Å². The van der Waals surface area contributed by atoms with Crippen molar-refractivity contribution in [2.75, 3.05) is 12.4 Å². The van der Waals surface area contributed by atoms with Gasteiger partial charge in [0.05, 0.1) is 12.4 Å². The van der Waals surface area contributed by atoms with E-state index in [0.717, 1.165) is 0 Å². The standard InChI is InChI=1S/C10H8BrNO3/c1-15-10-3-6(9(14)4-11)2-8(13)7(10)5-12/h2-3,13H,4H2,1H3. The van der Waals surface area contributed by atoms with Crippen LogP contribution in [0, 0.1) is 11.3 Å². The molecule has 1 rings (SSSR count). The number of phenols is 1. The van der Waals surface area contributed by atoms with E-state index < -0.39 is 0 Å². The van der Waals surface area contributed by atoms with E-state index in [2.05, 4.69) is 15.9 Å². The molecule has 0 amide bonds. The molecule has 0 atom stereocenters. The largest absolute Gasteiger partial charge is 0.506 e. The first-order valence-electron chi connectivity index (χ1n) is 4.04. The van der Waals surface area contributed by atoms with E-state index in [4.69, 9.17) is 10.00 Å². The molecule has 15 heavy (non-hydrogen) atoms. The van der Waals surface area contributed by atoms with Crippen LogP contribution in [0.5, 0.6) is 11.5 Å². The Morgan fingerprint density at radius 1 is 1.67 bits per heavy atom. The predicted molar refractivity (Wildman–Crippen MR) is 57.5 cm³/mol. The van der Waals surface area contributed by atoms with Crippen molar-refractivity contribution in [2.24, 2.45) is 0 Å². The summed E-state index contributed by atoms with van der Waals surface area (Å²) in [7, 11) is 1.37. The third kappa shape index (κ3) is 2.28. The topological polar surface area (TPSA) is 70.3 Å². The highest BCUT2D eigenvalue weighted by Crippen LogP contribution is 2.29. The van der Waals surface area contributed by atoms with Gasteiger partial charge < -0.3 is 9.84 Å². The maximum absolute atomic E-state index is 11.3. The van der Waals surface area contributed by atoms with Gasteiger partial charge in [0, 0.05) is 5.56 Å². The number of ketones is 1. The summed E-state index contributed by atoms with van der Waals surface area (Å²) in [5.41, 5.74) is 0.337. The van der Waals surface area contributed by atoms with Gasteiger partial charge in [-0.15, -0.1) is 0 Å². The van der Waals surface area contributed by atoms with Gasteiger partial charge in [-0.1, -0.05) is 15.9 Å². The minimum absolute atomic E-state index is 0.0311. The Hall–Kier alpha value is -1.54. The highest BCUT2D eigenvalue weighted by molar-refractivity contribution is 9.09. The van der Waals surface area contributed by atoms with Crippen molar-refractivity contribution in [3.05, 3.63) is 23.3 Å². The second kappa shape index (κ2) is 4.80. The van der Waals surface area contributed by atoms with E-state index in [1.165, 1.54) is 19.2 Å². The van der Waals surface area contributed by atoms with Crippen LogP contribution in [0.15, 0.2) is 12.1 Å². The van der Waals surface area contributed by atoms with Crippen molar-refractivity contribution < 1.29 is 14.6 Å². The molecular weight excluding hydrogens is 262 g/mol. The number of alkyl halides is 1. The number of rotatable bonds is 3. The number of carbonyl (C=O) groups excluding carboxylic acids is 1. The van der Waals surface area contributed by atoms with Gasteiger partial charge in [0.25, 0.3) is 0 Å². The Morgan fingerprint density at radius 2 is 2.33 bits per heavy atom. The van der Waals surface area contributed by atoms with Crippen LogP contribution in [0.4, 0.5) is 0 Å². The van der Waals surface area contributed by atoms with Gasteiger partial charge in [0.15, 0.2) is 5.78 Å². The van der Waals surface area contributed by atoms with Gasteiger partial charge in [-0.3, -0.25) is 4.79 Å². The number of methoxy groups -OCH3 is 1. The summed E-state index contributed by atoms with van der Waals surface area (Å²) in [6.07, 6.45) is 0. The van der Waals surface area contributed by atoms with E-state index >= 15 is 0 Å². The lowest BCUT2D eigenvalue weighted by Gasteiger charge is -2.06. The summed E-state index contributed by atoms with van der Waals surface area (Å²) in [5, 5.41) is 18.4. The van der Waals surface area contributed by atoms with Gasteiger partial charge in [-0.2, -0.15) is 5.26 Å². The number of Topliss-reactive ketones (excluding diaryl/α,β-unsaturated/α-hetero) is 1. The van der Waals surface area contributed by atoms with E-state index in [0.29, 0.717) is 5.56 Å². The molecule has 78 valence electrons. The number of hydrogen-bond donors (Lipinski definition) is 1. The molecule has 0 unspecified atom stereocenters. The molecule has 0 saturated heterocycles. The van der Waals surface area contributed by atoms with Crippen LogP contribution in [0.3, 0.4) is 0 Å². The fraction of sp³-hybridized carbons (Fsp3) is 0.200. The third-order valence-electron chi connectivity index (χ3n) is 1.86. The van der Waals surface area contributed by atoms with Crippen molar-refractivity contribution in [2.45, 2.75) is 0 Å². The molecule has 0 aliphatic heterocycles. The molecule has 0 bridgehead atoms. The number of carbonyl (C=O) groups is 1. The maximum Gasteiger partial charge on any atom is 0.173 e. The van der Waals surface area contributed by atoms with Crippen LogP contribution < -0.4 is 4.74 Å². The molecule has 0 aliphatic rings. The minimum atomic E-state index is -0.249. The monoisotopic (exact) mass is 269 g/mol. The fourth-order valence-electron chi connectivity index (χ4n) is 1.11. The molecule has 1 aromatic carbocycles. The maximum atomic E-state index is 11.3. The third-order valence-corrected chi connectivity index (χ3v) is 2.37. The first-order valence-corrected chi connectivity index (χ1v) is 5.16. The molecule has 1 aromatic rings. The van der Waals surface area contributed by atoms with Gasteiger partial charge in [0.1, 0.15) is 23.1 Å². The summed E-state index contributed by atoms with van der Waals surface area (Å²) >= 11 is 3.02.